The minimum Gasteiger partial charge on any atom is -0.402 e. The fourth-order valence-corrected chi connectivity index (χ4v) is 2.28. The van der Waals surface area contributed by atoms with Crippen LogP contribution >= 0.6 is 0 Å². The summed E-state index contributed by atoms with van der Waals surface area (Å²) in [4.78, 5) is 0. The molecule has 1 aromatic carbocycles. The smallest absolute Gasteiger partial charge is 0.402 e. The van der Waals surface area contributed by atoms with Crippen LogP contribution in [0.15, 0.2) is 18.2 Å². The summed E-state index contributed by atoms with van der Waals surface area (Å²) in [6, 6.07) is 5.92. The molecule has 0 bridgehead atoms. The Labute approximate surface area is 112 Å². The van der Waals surface area contributed by atoms with E-state index in [0.717, 1.165) is 16.4 Å². The van der Waals surface area contributed by atoms with Crippen molar-refractivity contribution in [3.05, 3.63) is 18.2 Å². The van der Waals surface area contributed by atoms with Gasteiger partial charge in [0.1, 0.15) is 5.82 Å². The highest BCUT2D eigenvalue weighted by Crippen LogP contribution is 2.27. The summed E-state index contributed by atoms with van der Waals surface area (Å²) >= 11 is 0. The molecule has 2 heterocycles. The van der Waals surface area contributed by atoms with Crippen molar-refractivity contribution in [2.45, 2.75) is 32.5 Å². The van der Waals surface area contributed by atoms with Crippen molar-refractivity contribution in [2.24, 2.45) is 7.05 Å². The molecule has 1 fully saturated rings. The number of hydrogen-bond donors (Lipinski definition) is 1. The Hall–Kier alpha value is -1.53. The van der Waals surface area contributed by atoms with Gasteiger partial charge >= 0.3 is 7.12 Å². The van der Waals surface area contributed by atoms with Gasteiger partial charge < -0.3 is 15.0 Å². The second-order valence-electron chi connectivity index (χ2n) is 5.62. The van der Waals surface area contributed by atoms with Crippen molar-refractivity contribution in [3.8, 4) is 0 Å². The van der Waals surface area contributed by atoms with Gasteiger partial charge in [-0.2, -0.15) is 5.10 Å². The number of nitrogens with two attached hydrogens (primary N) is 1. The standard InChI is InChI=1S/C13H18BN3O2/c1-8-13(2,3)19-14(18-8)9-5-6-11-10(7-9)12(15)17(4)16-11/h5-8H,15H2,1-4H3. The SMILES string of the molecule is CC1OB(c2ccc3nn(C)c(N)c3c2)OC1(C)C. The fourth-order valence-electron chi connectivity index (χ4n) is 2.28. The molecule has 1 unspecified atom stereocenters. The third-order valence-corrected chi connectivity index (χ3v) is 3.89. The summed E-state index contributed by atoms with van der Waals surface area (Å²) in [6.07, 6.45) is 0.0550. The van der Waals surface area contributed by atoms with Gasteiger partial charge in [0.05, 0.1) is 17.2 Å². The third-order valence-electron chi connectivity index (χ3n) is 3.89. The Balaban J connectivity index is 2.00. The number of aryl methyl sites for hydroxylation is 1. The number of nitrogen functional groups attached to an aromatic ring is 1. The lowest BCUT2D eigenvalue weighted by Crippen LogP contribution is -2.34. The van der Waals surface area contributed by atoms with E-state index >= 15 is 0 Å². The van der Waals surface area contributed by atoms with E-state index in [-0.39, 0.29) is 18.8 Å². The van der Waals surface area contributed by atoms with Crippen LogP contribution < -0.4 is 11.2 Å². The van der Waals surface area contributed by atoms with Crippen LogP contribution in [-0.4, -0.2) is 28.6 Å². The van der Waals surface area contributed by atoms with Crippen molar-refractivity contribution in [3.63, 3.8) is 0 Å². The monoisotopic (exact) mass is 259 g/mol. The summed E-state index contributed by atoms with van der Waals surface area (Å²) in [7, 11) is 1.50. The normalized spacial score (nSPS) is 22.3. The summed E-state index contributed by atoms with van der Waals surface area (Å²) in [6.45, 7) is 6.10. The van der Waals surface area contributed by atoms with Gasteiger partial charge in [0.25, 0.3) is 0 Å². The maximum absolute atomic E-state index is 6.01. The first-order valence-electron chi connectivity index (χ1n) is 6.44. The molecule has 1 saturated heterocycles. The van der Waals surface area contributed by atoms with Crippen LogP contribution in [0.4, 0.5) is 5.82 Å². The maximum Gasteiger partial charge on any atom is 0.494 e. The van der Waals surface area contributed by atoms with Gasteiger partial charge in [-0.1, -0.05) is 6.07 Å². The highest BCUT2D eigenvalue weighted by molar-refractivity contribution is 6.62. The third kappa shape index (κ3) is 1.91. The van der Waals surface area contributed by atoms with E-state index in [1.54, 1.807) is 4.68 Å². The van der Waals surface area contributed by atoms with Crippen LogP contribution in [0.2, 0.25) is 0 Å². The first-order chi connectivity index (χ1) is 8.88. The average Bonchev–Trinajstić information content (AvgIpc) is 2.78. The number of nitrogens with zero attached hydrogens (tertiary/aromatic N) is 2. The molecule has 19 heavy (non-hydrogen) atoms. The van der Waals surface area contributed by atoms with Crippen LogP contribution in [0.1, 0.15) is 20.8 Å². The summed E-state index contributed by atoms with van der Waals surface area (Å²) < 4.78 is 13.5. The molecular weight excluding hydrogens is 241 g/mol. The lowest BCUT2D eigenvalue weighted by atomic mass is 9.79. The van der Waals surface area contributed by atoms with Gasteiger partial charge in [0.15, 0.2) is 0 Å². The number of rotatable bonds is 1. The van der Waals surface area contributed by atoms with E-state index in [1.807, 2.05) is 46.0 Å². The highest BCUT2D eigenvalue weighted by atomic mass is 16.7. The van der Waals surface area contributed by atoms with E-state index in [9.17, 15) is 0 Å². The molecule has 0 radical (unpaired) electrons. The molecule has 1 aromatic heterocycles. The molecule has 2 N–H and O–H groups in total. The lowest BCUT2D eigenvalue weighted by molar-refractivity contribution is 0.0842. The van der Waals surface area contributed by atoms with Gasteiger partial charge in [0.2, 0.25) is 0 Å². The fraction of sp³-hybridized carbons (Fsp3) is 0.462. The Bertz CT molecular complexity index is 638. The zero-order chi connectivity index (χ0) is 13.8. The molecule has 5 nitrogen and oxygen atoms in total. The minimum atomic E-state index is -0.339. The molecule has 1 aliphatic rings. The molecule has 100 valence electrons. The largest absolute Gasteiger partial charge is 0.494 e. The Morgan fingerprint density at radius 3 is 2.79 bits per heavy atom. The van der Waals surface area contributed by atoms with Gasteiger partial charge in [-0.05, 0) is 38.4 Å². The van der Waals surface area contributed by atoms with Gasteiger partial charge in [-0.25, -0.2) is 0 Å². The van der Waals surface area contributed by atoms with Crippen LogP contribution in [0.5, 0.6) is 0 Å². The van der Waals surface area contributed by atoms with E-state index in [2.05, 4.69) is 5.10 Å². The van der Waals surface area contributed by atoms with E-state index < -0.39 is 0 Å². The molecular formula is C13H18BN3O2. The van der Waals surface area contributed by atoms with Gasteiger partial charge in [-0.3, -0.25) is 4.68 Å². The number of aromatic nitrogens is 2. The number of fused-ring (bicyclic) bond motifs is 1. The number of anilines is 1. The summed E-state index contributed by atoms with van der Waals surface area (Å²) in [5, 5.41) is 5.27. The molecule has 0 saturated carbocycles. The van der Waals surface area contributed by atoms with Crippen LogP contribution in [0.25, 0.3) is 10.9 Å². The molecule has 0 spiro atoms. The van der Waals surface area contributed by atoms with Gasteiger partial charge in [0, 0.05) is 12.4 Å². The zero-order valence-corrected chi connectivity index (χ0v) is 11.7. The Kier molecular flexibility index (Phi) is 2.62. The minimum absolute atomic E-state index is 0.0550. The maximum atomic E-state index is 6.01. The van der Waals surface area contributed by atoms with Crippen molar-refractivity contribution >= 4 is 29.3 Å². The van der Waals surface area contributed by atoms with E-state index in [0.29, 0.717) is 5.82 Å². The van der Waals surface area contributed by atoms with E-state index in [1.165, 1.54) is 0 Å². The summed E-state index contributed by atoms with van der Waals surface area (Å²) in [5.74, 6) is 0.655. The Morgan fingerprint density at radius 1 is 1.42 bits per heavy atom. The van der Waals surface area contributed by atoms with Crippen molar-refractivity contribution in [1.82, 2.24) is 9.78 Å². The zero-order valence-electron chi connectivity index (χ0n) is 11.7. The molecule has 1 aliphatic heterocycles. The topological polar surface area (TPSA) is 62.3 Å². The van der Waals surface area contributed by atoms with Gasteiger partial charge in [-0.15, -0.1) is 0 Å². The molecule has 1 atom stereocenters. The highest BCUT2D eigenvalue weighted by Gasteiger charge is 2.43. The van der Waals surface area contributed by atoms with Crippen molar-refractivity contribution in [1.29, 1.82) is 0 Å². The Morgan fingerprint density at radius 2 is 2.16 bits per heavy atom. The molecule has 3 rings (SSSR count). The van der Waals surface area contributed by atoms with Crippen LogP contribution in [0, 0.1) is 0 Å². The van der Waals surface area contributed by atoms with Crippen molar-refractivity contribution in [2.75, 3.05) is 5.73 Å². The van der Waals surface area contributed by atoms with Crippen LogP contribution in [0.3, 0.4) is 0 Å². The second-order valence-corrected chi connectivity index (χ2v) is 5.62. The summed E-state index contributed by atoms with van der Waals surface area (Å²) in [5.41, 5.74) is 7.59. The molecule has 0 aliphatic carbocycles. The predicted octanol–water partition coefficient (Wildman–Crippen LogP) is 1.06. The van der Waals surface area contributed by atoms with Crippen LogP contribution in [-0.2, 0) is 16.4 Å². The van der Waals surface area contributed by atoms with E-state index in [4.69, 9.17) is 15.0 Å². The average molecular weight is 259 g/mol. The molecule has 2 aromatic rings. The van der Waals surface area contributed by atoms with Crippen molar-refractivity contribution < 1.29 is 9.31 Å². The number of hydrogen-bond acceptors (Lipinski definition) is 4. The number of benzene rings is 1. The first-order valence-corrected chi connectivity index (χ1v) is 6.44. The first kappa shape index (κ1) is 12.5. The second kappa shape index (κ2) is 3.98. The predicted molar refractivity (Wildman–Crippen MR) is 76.2 cm³/mol. The molecule has 6 heteroatoms. The quantitative estimate of drug-likeness (QED) is 0.778. The molecule has 0 amide bonds. The lowest BCUT2D eigenvalue weighted by Gasteiger charge is -2.21.